The number of benzene rings is 2. The van der Waals surface area contributed by atoms with E-state index in [-0.39, 0.29) is 23.3 Å². The Morgan fingerprint density at radius 3 is 2.26 bits per heavy atom. The Hall–Kier alpha value is -3.88. The highest BCUT2D eigenvalue weighted by Gasteiger charge is 2.29. The summed E-state index contributed by atoms with van der Waals surface area (Å²) in [5, 5.41) is 0. The second-order valence-corrected chi connectivity index (χ2v) is 8.04. The fourth-order valence-electron chi connectivity index (χ4n) is 2.79. The number of rotatable bonds is 9. The van der Waals surface area contributed by atoms with Crippen molar-refractivity contribution in [3.8, 4) is 5.75 Å². The zero-order valence-corrected chi connectivity index (χ0v) is 19.7. The molecule has 2 rings (SSSR count). The smallest absolute Gasteiger partial charge is 0.377 e. The van der Waals surface area contributed by atoms with E-state index in [0.29, 0.717) is 5.56 Å². The molecule has 34 heavy (non-hydrogen) atoms. The molecule has 182 valence electrons. The molecule has 0 fully saturated rings. The van der Waals surface area contributed by atoms with Gasteiger partial charge >= 0.3 is 17.9 Å². The SMILES string of the molecule is CO/C=C(/Oc1ccc(F)c(COC(=O)Cc2ccccc2)c1C(=O)OC(C)(C)C)C(=O)OC. The molecule has 0 saturated carbocycles. The Bertz CT molecular complexity index is 1050. The number of halogens is 1. The van der Waals surface area contributed by atoms with Crippen molar-refractivity contribution >= 4 is 17.9 Å². The van der Waals surface area contributed by atoms with E-state index in [1.807, 2.05) is 6.07 Å². The van der Waals surface area contributed by atoms with E-state index in [0.717, 1.165) is 25.5 Å². The topological polar surface area (TPSA) is 97.4 Å². The predicted octanol–water partition coefficient (Wildman–Crippen LogP) is 4.11. The number of esters is 3. The van der Waals surface area contributed by atoms with Gasteiger partial charge in [0.1, 0.15) is 35.6 Å². The van der Waals surface area contributed by atoms with Gasteiger partial charge in [-0.3, -0.25) is 4.79 Å². The van der Waals surface area contributed by atoms with Crippen molar-refractivity contribution in [1.29, 1.82) is 0 Å². The van der Waals surface area contributed by atoms with Crippen LogP contribution in [-0.2, 0) is 41.6 Å². The molecule has 0 aliphatic carbocycles. The Morgan fingerprint density at radius 1 is 1.00 bits per heavy atom. The highest BCUT2D eigenvalue weighted by atomic mass is 19.1. The lowest BCUT2D eigenvalue weighted by atomic mass is 10.1. The summed E-state index contributed by atoms with van der Waals surface area (Å²) < 4.78 is 40.4. The molecule has 0 aliphatic rings. The third kappa shape index (κ3) is 7.61. The van der Waals surface area contributed by atoms with E-state index in [1.165, 1.54) is 7.11 Å². The minimum Gasteiger partial charge on any atom is -0.500 e. The molecule has 2 aromatic rings. The summed E-state index contributed by atoms with van der Waals surface area (Å²) in [6.45, 7) is 4.34. The highest BCUT2D eigenvalue weighted by molar-refractivity contribution is 5.95. The molecule has 9 heteroatoms. The van der Waals surface area contributed by atoms with Crippen LogP contribution in [-0.4, -0.2) is 37.7 Å². The summed E-state index contributed by atoms with van der Waals surface area (Å²) >= 11 is 0. The summed E-state index contributed by atoms with van der Waals surface area (Å²) in [6, 6.07) is 11.0. The van der Waals surface area contributed by atoms with Crippen LogP contribution in [0.3, 0.4) is 0 Å². The van der Waals surface area contributed by atoms with E-state index in [1.54, 1.807) is 45.0 Å². The molecular weight excluding hydrogens is 447 g/mol. The van der Waals surface area contributed by atoms with Gasteiger partial charge in [0.15, 0.2) is 0 Å². The summed E-state index contributed by atoms with van der Waals surface area (Å²) in [5.74, 6) is -3.88. The van der Waals surface area contributed by atoms with Gasteiger partial charge in [-0.2, -0.15) is 0 Å². The van der Waals surface area contributed by atoms with Gasteiger partial charge in [-0.05, 0) is 38.5 Å². The van der Waals surface area contributed by atoms with Crippen molar-refractivity contribution < 1.29 is 42.5 Å². The maximum absolute atomic E-state index is 14.8. The molecule has 0 spiro atoms. The van der Waals surface area contributed by atoms with Gasteiger partial charge in [-0.1, -0.05) is 30.3 Å². The third-order valence-electron chi connectivity index (χ3n) is 4.22. The van der Waals surface area contributed by atoms with Gasteiger partial charge in [0, 0.05) is 5.56 Å². The van der Waals surface area contributed by atoms with Crippen LogP contribution >= 0.6 is 0 Å². The Kier molecular flexibility index (Phi) is 9.18. The molecule has 8 nitrogen and oxygen atoms in total. The molecule has 0 radical (unpaired) electrons. The first-order valence-electron chi connectivity index (χ1n) is 10.3. The van der Waals surface area contributed by atoms with E-state index < -0.39 is 41.7 Å². The summed E-state index contributed by atoms with van der Waals surface area (Å²) in [5.41, 5.74) is -0.817. The molecule has 0 N–H and O–H groups in total. The molecule has 0 heterocycles. The molecule has 0 amide bonds. The van der Waals surface area contributed by atoms with Crippen molar-refractivity contribution in [3.63, 3.8) is 0 Å². The zero-order chi connectivity index (χ0) is 25.3. The summed E-state index contributed by atoms with van der Waals surface area (Å²) in [7, 11) is 2.41. The first-order valence-corrected chi connectivity index (χ1v) is 10.3. The van der Waals surface area contributed by atoms with Crippen LogP contribution in [0.15, 0.2) is 54.5 Å². The van der Waals surface area contributed by atoms with Crippen LogP contribution in [0.1, 0.15) is 42.3 Å². The quantitative estimate of drug-likeness (QED) is 0.232. The van der Waals surface area contributed by atoms with Crippen LogP contribution in [0.25, 0.3) is 0 Å². The van der Waals surface area contributed by atoms with Gasteiger partial charge in [-0.15, -0.1) is 0 Å². The van der Waals surface area contributed by atoms with Crippen molar-refractivity contribution in [3.05, 3.63) is 77.0 Å². The van der Waals surface area contributed by atoms with Crippen LogP contribution in [0.4, 0.5) is 4.39 Å². The largest absolute Gasteiger partial charge is 0.500 e. The van der Waals surface area contributed by atoms with Gasteiger partial charge < -0.3 is 23.7 Å². The number of ether oxygens (including phenoxy) is 5. The molecule has 0 atom stereocenters. The summed E-state index contributed by atoms with van der Waals surface area (Å²) in [6.07, 6.45) is 0.928. The van der Waals surface area contributed by atoms with Crippen molar-refractivity contribution in [2.24, 2.45) is 0 Å². The molecule has 0 aromatic heterocycles. The third-order valence-corrected chi connectivity index (χ3v) is 4.22. The highest BCUT2D eigenvalue weighted by Crippen LogP contribution is 2.30. The van der Waals surface area contributed by atoms with Crippen LogP contribution in [0.2, 0.25) is 0 Å². The fourth-order valence-corrected chi connectivity index (χ4v) is 2.79. The standard InChI is InChI=1S/C25H27FO8/c1-25(2,3)34-24(29)22-17(14-32-21(27)13-16-9-7-6-8-10-16)18(26)11-12-19(22)33-20(15-30-4)23(28)31-5/h6-12,15H,13-14H2,1-5H3/b20-15+. The van der Waals surface area contributed by atoms with Crippen molar-refractivity contribution in [2.45, 2.75) is 39.4 Å². The number of hydrogen-bond acceptors (Lipinski definition) is 8. The second-order valence-electron chi connectivity index (χ2n) is 8.04. The van der Waals surface area contributed by atoms with Crippen molar-refractivity contribution in [2.75, 3.05) is 14.2 Å². The van der Waals surface area contributed by atoms with E-state index in [2.05, 4.69) is 4.74 Å². The van der Waals surface area contributed by atoms with Gasteiger partial charge in [0.25, 0.3) is 0 Å². The van der Waals surface area contributed by atoms with E-state index in [4.69, 9.17) is 18.9 Å². The maximum Gasteiger partial charge on any atom is 0.377 e. The second kappa shape index (κ2) is 11.8. The monoisotopic (exact) mass is 474 g/mol. The number of carbonyl (C=O) groups excluding carboxylic acids is 3. The molecule has 0 saturated heterocycles. The number of carbonyl (C=O) groups is 3. The zero-order valence-electron chi connectivity index (χ0n) is 19.7. The van der Waals surface area contributed by atoms with Crippen LogP contribution in [0.5, 0.6) is 5.75 Å². The van der Waals surface area contributed by atoms with Gasteiger partial charge in [-0.25, -0.2) is 14.0 Å². The minimum atomic E-state index is -0.933. The molecule has 2 aromatic carbocycles. The van der Waals surface area contributed by atoms with Crippen molar-refractivity contribution in [1.82, 2.24) is 0 Å². The van der Waals surface area contributed by atoms with Gasteiger partial charge in [0.2, 0.25) is 5.76 Å². The lowest BCUT2D eigenvalue weighted by Crippen LogP contribution is -2.26. The summed E-state index contributed by atoms with van der Waals surface area (Å²) in [4.78, 5) is 37.3. The molecule has 0 aliphatic heterocycles. The van der Waals surface area contributed by atoms with E-state index in [9.17, 15) is 18.8 Å². The molecule has 0 unspecified atom stereocenters. The average Bonchev–Trinajstić information content (AvgIpc) is 2.77. The van der Waals surface area contributed by atoms with Crippen LogP contribution in [0, 0.1) is 5.82 Å². The first kappa shape index (κ1) is 26.4. The number of hydrogen-bond donors (Lipinski definition) is 0. The maximum atomic E-state index is 14.8. The Labute approximate surface area is 197 Å². The number of methoxy groups -OCH3 is 2. The fraction of sp³-hybridized carbons (Fsp3) is 0.320. The van der Waals surface area contributed by atoms with Crippen LogP contribution < -0.4 is 4.74 Å². The molecule has 0 bridgehead atoms. The predicted molar refractivity (Wildman–Crippen MR) is 119 cm³/mol. The lowest BCUT2D eigenvalue weighted by molar-refractivity contribution is -0.144. The Balaban J connectivity index is 2.42. The normalized spacial score (nSPS) is 11.4. The van der Waals surface area contributed by atoms with E-state index >= 15 is 0 Å². The minimum absolute atomic E-state index is 0.0382. The average molecular weight is 474 g/mol. The first-order chi connectivity index (χ1) is 16.1. The molecular formula is C25H27FO8. The van der Waals surface area contributed by atoms with Gasteiger partial charge in [0.05, 0.1) is 20.6 Å². The lowest BCUT2D eigenvalue weighted by Gasteiger charge is -2.22. The Morgan fingerprint density at radius 2 is 1.68 bits per heavy atom.